The van der Waals surface area contributed by atoms with Gasteiger partial charge in [0, 0.05) is 0 Å². The Balaban J connectivity index is 3.60. The molecule has 0 bridgehead atoms. The minimum absolute atomic E-state index is 0.755. The van der Waals surface area contributed by atoms with Crippen molar-refractivity contribution in [2.45, 2.75) is 40.5 Å². The van der Waals surface area contributed by atoms with Crippen molar-refractivity contribution in [3.05, 3.63) is 12.2 Å². The third-order valence-corrected chi connectivity index (χ3v) is 2.22. The van der Waals surface area contributed by atoms with Gasteiger partial charge in [0.25, 0.3) is 0 Å². The zero-order valence-corrected chi connectivity index (χ0v) is 7.72. The molecule has 0 radical (unpaired) electrons. The normalized spacial score (nSPS) is 17.6. The Kier molecular flexibility index (Phi) is 5.38. The van der Waals surface area contributed by atoms with Gasteiger partial charge in [-0.1, -0.05) is 46.3 Å². The lowest BCUT2D eigenvalue weighted by Crippen LogP contribution is -2.02. The maximum absolute atomic E-state index is 2.33. The molecule has 0 spiro atoms. The van der Waals surface area contributed by atoms with Crippen LogP contribution in [0.4, 0.5) is 0 Å². The lowest BCUT2D eigenvalue weighted by Gasteiger charge is -2.13. The molecule has 0 aromatic heterocycles. The summed E-state index contributed by atoms with van der Waals surface area (Å²) in [6.07, 6.45) is 7.04. The van der Waals surface area contributed by atoms with Crippen molar-refractivity contribution in [1.29, 1.82) is 0 Å². The van der Waals surface area contributed by atoms with E-state index in [2.05, 4.69) is 39.8 Å². The van der Waals surface area contributed by atoms with E-state index in [1.165, 1.54) is 12.8 Å². The van der Waals surface area contributed by atoms with Crippen LogP contribution < -0.4 is 0 Å². The topological polar surface area (TPSA) is 0 Å². The molecule has 0 N–H and O–H groups in total. The molecule has 0 aromatic rings. The minimum Gasteiger partial charge on any atom is -0.0885 e. The summed E-state index contributed by atoms with van der Waals surface area (Å²) < 4.78 is 0. The lowest BCUT2D eigenvalue weighted by atomic mass is 9.93. The molecule has 0 heterocycles. The fourth-order valence-electron chi connectivity index (χ4n) is 0.912. The smallest absolute Gasteiger partial charge is 0.0236 e. The average Bonchev–Trinajstić information content (AvgIpc) is 1.98. The van der Waals surface area contributed by atoms with Gasteiger partial charge in [0.05, 0.1) is 0 Å². The van der Waals surface area contributed by atoms with Crippen LogP contribution in [0.25, 0.3) is 0 Å². The summed E-state index contributed by atoms with van der Waals surface area (Å²) in [5.74, 6) is 1.59. The van der Waals surface area contributed by atoms with Gasteiger partial charge in [0.2, 0.25) is 0 Å². The van der Waals surface area contributed by atoms with Gasteiger partial charge in [-0.2, -0.15) is 0 Å². The van der Waals surface area contributed by atoms with E-state index in [4.69, 9.17) is 0 Å². The SMILES string of the molecule is CCC=CC(C)C(C)CC. The van der Waals surface area contributed by atoms with Gasteiger partial charge < -0.3 is 0 Å². The van der Waals surface area contributed by atoms with Crippen LogP contribution in [-0.4, -0.2) is 0 Å². The van der Waals surface area contributed by atoms with Crippen molar-refractivity contribution in [2.24, 2.45) is 11.8 Å². The molecule has 10 heavy (non-hydrogen) atoms. The summed E-state index contributed by atoms with van der Waals surface area (Å²) in [6, 6.07) is 0. The van der Waals surface area contributed by atoms with Crippen molar-refractivity contribution in [1.82, 2.24) is 0 Å². The van der Waals surface area contributed by atoms with Crippen molar-refractivity contribution in [3.8, 4) is 0 Å². The summed E-state index contributed by atoms with van der Waals surface area (Å²) in [5.41, 5.74) is 0. The van der Waals surface area contributed by atoms with E-state index in [0.29, 0.717) is 0 Å². The molecule has 60 valence electrons. The Labute approximate surface area is 65.3 Å². The molecule has 0 amide bonds. The molecular weight excluding hydrogens is 120 g/mol. The first-order valence-electron chi connectivity index (χ1n) is 4.39. The van der Waals surface area contributed by atoms with Gasteiger partial charge in [-0.3, -0.25) is 0 Å². The van der Waals surface area contributed by atoms with Crippen LogP contribution >= 0.6 is 0 Å². The van der Waals surface area contributed by atoms with E-state index in [1.807, 2.05) is 0 Å². The van der Waals surface area contributed by atoms with Crippen molar-refractivity contribution in [3.63, 3.8) is 0 Å². The van der Waals surface area contributed by atoms with Crippen molar-refractivity contribution in [2.75, 3.05) is 0 Å². The van der Waals surface area contributed by atoms with Crippen LogP contribution in [0.1, 0.15) is 40.5 Å². The molecule has 2 atom stereocenters. The highest BCUT2D eigenvalue weighted by Gasteiger charge is 2.04. The Morgan fingerprint density at radius 1 is 1.20 bits per heavy atom. The van der Waals surface area contributed by atoms with Crippen LogP contribution in [0.5, 0.6) is 0 Å². The predicted octanol–water partition coefficient (Wildman–Crippen LogP) is 3.63. The maximum Gasteiger partial charge on any atom is -0.0236 e. The highest BCUT2D eigenvalue weighted by molar-refractivity contribution is 4.87. The summed E-state index contributed by atoms with van der Waals surface area (Å²) >= 11 is 0. The largest absolute Gasteiger partial charge is 0.0885 e. The fourth-order valence-corrected chi connectivity index (χ4v) is 0.912. The zero-order chi connectivity index (χ0) is 7.98. The molecule has 2 unspecified atom stereocenters. The van der Waals surface area contributed by atoms with Crippen molar-refractivity contribution >= 4 is 0 Å². The van der Waals surface area contributed by atoms with Gasteiger partial charge in [-0.05, 0) is 18.3 Å². The van der Waals surface area contributed by atoms with Gasteiger partial charge in [0.15, 0.2) is 0 Å². The summed E-state index contributed by atoms with van der Waals surface area (Å²) in [6.45, 7) is 9.03. The minimum atomic E-state index is 0.755. The summed E-state index contributed by atoms with van der Waals surface area (Å²) in [5, 5.41) is 0. The van der Waals surface area contributed by atoms with E-state index in [0.717, 1.165) is 11.8 Å². The first-order chi connectivity index (χ1) is 4.72. The maximum atomic E-state index is 2.33. The van der Waals surface area contributed by atoms with E-state index in [-0.39, 0.29) is 0 Å². The second-order valence-electron chi connectivity index (χ2n) is 3.08. The second-order valence-corrected chi connectivity index (χ2v) is 3.08. The van der Waals surface area contributed by atoms with Gasteiger partial charge in [0.1, 0.15) is 0 Å². The van der Waals surface area contributed by atoms with Crippen LogP contribution in [-0.2, 0) is 0 Å². The van der Waals surface area contributed by atoms with Gasteiger partial charge in [-0.15, -0.1) is 0 Å². The molecule has 0 fully saturated rings. The van der Waals surface area contributed by atoms with Crippen LogP contribution in [0.15, 0.2) is 12.2 Å². The molecule has 0 aliphatic rings. The monoisotopic (exact) mass is 140 g/mol. The summed E-state index contributed by atoms with van der Waals surface area (Å²) in [7, 11) is 0. The molecule has 0 heteroatoms. The summed E-state index contributed by atoms with van der Waals surface area (Å²) in [4.78, 5) is 0. The number of allylic oxidation sites excluding steroid dienone is 2. The molecule has 0 aliphatic carbocycles. The van der Waals surface area contributed by atoms with Crippen LogP contribution in [0, 0.1) is 11.8 Å². The quantitative estimate of drug-likeness (QED) is 0.523. The molecule has 0 rings (SSSR count). The van der Waals surface area contributed by atoms with Gasteiger partial charge >= 0.3 is 0 Å². The van der Waals surface area contributed by atoms with E-state index in [1.54, 1.807) is 0 Å². The van der Waals surface area contributed by atoms with E-state index in [9.17, 15) is 0 Å². The number of rotatable bonds is 4. The van der Waals surface area contributed by atoms with Crippen LogP contribution in [0.3, 0.4) is 0 Å². The first-order valence-corrected chi connectivity index (χ1v) is 4.39. The zero-order valence-electron chi connectivity index (χ0n) is 7.72. The standard InChI is InChI=1S/C10H20/c1-5-7-8-10(4)9(3)6-2/h7-10H,5-6H2,1-4H3. The highest BCUT2D eigenvalue weighted by atomic mass is 14.1. The highest BCUT2D eigenvalue weighted by Crippen LogP contribution is 2.15. The Hall–Kier alpha value is -0.260. The lowest BCUT2D eigenvalue weighted by molar-refractivity contribution is 0.446. The average molecular weight is 140 g/mol. The van der Waals surface area contributed by atoms with Gasteiger partial charge in [-0.25, -0.2) is 0 Å². The fraction of sp³-hybridized carbons (Fsp3) is 0.800. The molecule has 0 aliphatic heterocycles. The van der Waals surface area contributed by atoms with E-state index >= 15 is 0 Å². The molecule has 0 saturated carbocycles. The third-order valence-electron chi connectivity index (χ3n) is 2.22. The third kappa shape index (κ3) is 3.71. The molecular formula is C10H20. The predicted molar refractivity (Wildman–Crippen MR) is 48.1 cm³/mol. The number of hydrogen-bond donors (Lipinski definition) is 0. The van der Waals surface area contributed by atoms with Crippen LogP contribution in [0.2, 0.25) is 0 Å². The van der Waals surface area contributed by atoms with E-state index < -0.39 is 0 Å². The molecule has 0 saturated heterocycles. The molecule has 0 aromatic carbocycles. The first kappa shape index (κ1) is 9.74. The number of hydrogen-bond acceptors (Lipinski definition) is 0. The molecule has 0 nitrogen and oxygen atoms in total. The Morgan fingerprint density at radius 3 is 2.20 bits per heavy atom. The Morgan fingerprint density at radius 2 is 1.80 bits per heavy atom. The van der Waals surface area contributed by atoms with Crippen molar-refractivity contribution < 1.29 is 0 Å². The second kappa shape index (κ2) is 5.52. The Bertz CT molecular complexity index is 92.2.